The summed E-state index contributed by atoms with van der Waals surface area (Å²) in [4.78, 5) is 59.1. The number of nitrogens with zero attached hydrogens (tertiary/aromatic N) is 1. The third kappa shape index (κ3) is 9.39. The third-order valence-corrected chi connectivity index (χ3v) is 4.41. The van der Waals surface area contributed by atoms with Gasteiger partial charge in [-0.15, -0.1) is 0 Å². The quantitative estimate of drug-likeness (QED) is 0.215. The van der Waals surface area contributed by atoms with Gasteiger partial charge in [-0.2, -0.15) is 0 Å². The van der Waals surface area contributed by atoms with Crippen LogP contribution in [0.4, 0.5) is 4.79 Å². The Morgan fingerprint density at radius 2 is 1.73 bits per heavy atom. The molecule has 12 heteroatoms. The molecule has 33 heavy (non-hydrogen) atoms. The number of carboxylic acids is 2. The summed E-state index contributed by atoms with van der Waals surface area (Å²) in [5.74, 6) is -4.17. The van der Waals surface area contributed by atoms with Gasteiger partial charge in [-0.25, -0.2) is 20.0 Å². The summed E-state index contributed by atoms with van der Waals surface area (Å²) in [6, 6.07) is 5.07. The Hall–Kier alpha value is -3.93. The SMILES string of the molecule is C/C(=C\[C@H](CC(N)=O)NN(C(=O)OCc1ccccc1)[C@@H](C)C(=O)N[C@@H](C)C(=O)O)C(=O)O. The molecule has 3 atom stereocenters. The minimum absolute atomic E-state index is 0.136. The highest BCUT2D eigenvalue weighted by Gasteiger charge is 2.31. The van der Waals surface area contributed by atoms with Crippen LogP contribution >= 0.6 is 0 Å². The van der Waals surface area contributed by atoms with Crippen molar-refractivity contribution in [1.29, 1.82) is 0 Å². The fraction of sp³-hybridized carbons (Fsp3) is 0.381. The van der Waals surface area contributed by atoms with Gasteiger partial charge in [-0.05, 0) is 26.3 Å². The maximum Gasteiger partial charge on any atom is 0.425 e. The number of ether oxygens (including phenoxy) is 1. The summed E-state index contributed by atoms with van der Waals surface area (Å²) in [5.41, 5.74) is 8.36. The van der Waals surface area contributed by atoms with Crippen molar-refractivity contribution in [3.8, 4) is 0 Å². The van der Waals surface area contributed by atoms with E-state index in [9.17, 15) is 24.0 Å². The summed E-state index contributed by atoms with van der Waals surface area (Å²) in [5, 5.41) is 21.1. The van der Waals surface area contributed by atoms with Crippen LogP contribution in [-0.4, -0.2) is 63.2 Å². The van der Waals surface area contributed by atoms with Crippen LogP contribution in [0.1, 0.15) is 32.8 Å². The van der Waals surface area contributed by atoms with Crippen molar-refractivity contribution >= 4 is 29.8 Å². The Labute approximate surface area is 190 Å². The lowest BCUT2D eigenvalue weighted by Gasteiger charge is -2.31. The number of benzene rings is 1. The normalized spacial score (nSPS) is 13.8. The highest BCUT2D eigenvalue weighted by atomic mass is 16.6. The summed E-state index contributed by atoms with van der Waals surface area (Å²) in [6.45, 7) is 3.69. The zero-order chi connectivity index (χ0) is 25.1. The van der Waals surface area contributed by atoms with Gasteiger partial charge in [0, 0.05) is 12.0 Å². The molecule has 0 unspecified atom stereocenters. The van der Waals surface area contributed by atoms with Crippen LogP contribution in [0.5, 0.6) is 0 Å². The number of carbonyl (C=O) groups excluding carboxylic acids is 3. The van der Waals surface area contributed by atoms with Gasteiger partial charge in [0.1, 0.15) is 18.7 Å². The van der Waals surface area contributed by atoms with Crippen LogP contribution < -0.4 is 16.5 Å². The number of amides is 3. The number of carbonyl (C=O) groups is 5. The average Bonchev–Trinajstić information content (AvgIpc) is 2.75. The van der Waals surface area contributed by atoms with Crippen LogP contribution in [0.3, 0.4) is 0 Å². The van der Waals surface area contributed by atoms with Crippen molar-refractivity contribution in [3.63, 3.8) is 0 Å². The Morgan fingerprint density at radius 1 is 1.12 bits per heavy atom. The molecular formula is C21H28N4O8. The number of nitrogens with two attached hydrogens (primary N) is 1. The smallest absolute Gasteiger partial charge is 0.425 e. The van der Waals surface area contributed by atoms with E-state index in [2.05, 4.69) is 10.7 Å². The highest BCUT2D eigenvalue weighted by molar-refractivity contribution is 5.89. The Kier molecular flexibility index (Phi) is 10.5. The van der Waals surface area contributed by atoms with Crippen molar-refractivity contribution in [3.05, 3.63) is 47.5 Å². The lowest BCUT2D eigenvalue weighted by atomic mass is 10.1. The van der Waals surface area contributed by atoms with Crippen molar-refractivity contribution in [1.82, 2.24) is 15.8 Å². The van der Waals surface area contributed by atoms with E-state index in [1.807, 2.05) is 0 Å². The standard InChI is InChI=1S/C21H28N4O8/c1-12(19(28)29)9-16(10-17(22)26)24-25(14(3)18(27)23-13(2)20(30)31)21(32)33-11-15-7-5-4-6-8-15/h4-9,13-14,16,24H,10-11H2,1-3H3,(H2,22,26)(H,23,27)(H,28,29)(H,30,31)/b12-9+/t13-,14-,16+/m0/s1. The highest BCUT2D eigenvalue weighted by Crippen LogP contribution is 2.09. The fourth-order valence-electron chi connectivity index (χ4n) is 2.53. The van der Waals surface area contributed by atoms with Gasteiger partial charge < -0.3 is 26.0 Å². The molecule has 6 N–H and O–H groups in total. The van der Waals surface area contributed by atoms with Crippen molar-refractivity contribution in [2.24, 2.45) is 5.73 Å². The van der Waals surface area contributed by atoms with Gasteiger partial charge >= 0.3 is 18.0 Å². The number of hydrogen-bond acceptors (Lipinski definition) is 7. The van der Waals surface area contributed by atoms with Crippen LogP contribution in [0.25, 0.3) is 0 Å². The molecule has 1 rings (SSSR count). The lowest BCUT2D eigenvalue weighted by Crippen LogP contribution is -2.58. The molecule has 0 spiro atoms. The van der Waals surface area contributed by atoms with E-state index in [-0.39, 0.29) is 12.2 Å². The van der Waals surface area contributed by atoms with Gasteiger partial charge in [-0.3, -0.25) is 14.4 Å². The van der Waals surface area contributed by atoms with E-state index in [0.29, 0.717) is 5.56 Å². The number of primary amides is 1. The monoisotopic (exact) mass is 464 g/mol. The Bertz CT molecular complexity index is 903. The maximum absolute atomic E-state index is 12.8. The maximum atomic E-state index is 12.8. The first-order valence-electron chi connectivity index (χ1n) is 9.91. The molecule has 0 aliphatic carbocycles. The molecule has 0 radical (unpaired) electrons. The molecule has 0 bridgehead atoms. The van der Waals surface area contributed by atoms with E-state index in [0.717, 1.165) is 11.1 Å². The Morgan fingerprint density at radius 3 is 2.24 bits per heavy atom. The van der Waals surface area contributed by atoms with Crippen LogP contribution in [-0.2, 0) is 30.5 Å². The van der Waals surface area contributed by atoms with Gasteiger partial charge in [0.25, 0.3) is 0 Å². The Balaban J connectivity index is 3.16. The molecule has 180 valence electrons. The van der Waals surface area contributed by atoms with Crippen molar-refractivity contribution in [2.45, 2.75) is 51.9 Å². The first-order chi connectivity index (χ1) is 15.4. The second-order valence-corrected chi connectivity index (χ2v) is 7.22. The number of aliphatic carboxylic acids is 2. The molecule has 0 aromatic heterocycles. The van der Waals surface area contributed by atoms with E-state index >= 15 is 0 Å². The minimum atomic E-state index is -1.30. The predicted molar refractivity (Wildman–Crippen MR) is 115 cm³/mol. The predicted octanol–water partition coefficient (Wildman–Crippen LogP) is 0.383. The van der Waals surface area contributed by atoms with Gasteiger partial charge in [0.2, 0.25) is 11.8 Å². The van der Waals surface area contributed by atoms with E-state index in [1.54, 1.807) is 30.3 Å². The fourth-order valence-corrected chi connectivity index (χ4v) is 2.53. The zero-order valence-electron chi connectivity index (χ0n) is 18.5. The van der Waals surface area contributed by atoms with E-state index < -0.39 is 54.4 Å². The molecule has 3 amide bonds. The summed E-state index contributed by atoms with van der Waals surface area (Å²) in [7, 11) is 0. The molecule has 0 saturated carbocycles. The largest absolute Gasteiger partial charge is 0.480 e. The summed E-state index contributed by atoms with van der Waals surface area (Å²) >= 11 is 0. The first kappa shape index (κ1) is 27.1. The summed E-state index contributed by atoms with van der Waals surface area (Å²) < 4.78 is 5.25. The first-order valence-corrected chi connectivity index (χ1v) is 9.91. The minimum Gasteiger partial charge on any atom is -0.480 e. The van der Waals surface area contributed by atoms with Crippen LogP contribution in [0.2, 0.25) is 0 Å². The molecular weight excluding hydrogens is 436 g/mol. The topological polar surface area (TPSA) is 188 Å². The number of rotatable bonds is 12. The third-order valence-electron chi connectivity index (χ3n) is 4.41. The van der Waals surface area contributed by atoms with Crippen molar-refractivity contribution < 1.29 is 38.9 Å². The molecule has 12 nitrogen and oxygen atoms in total. The van der Waals surface area contributed by atoms with Gasteiger partial charge in [-0.1, -0.05) is 36.4 Å². The van der Waals surface area contributed by atoms with Gasteiger partial charge in [0.05, 0.1) is 6.04 Å². The molecule has 0 aliphatic rings. The molecule has 0 saturated heterocycles. The summed E-state index contributed by atoms with van der Waals surface area (Å²) in [6.07, 6.45) is -0.248. The molecule has 1 aromatic carbocycles. The van der Waals surface area contributed by atoms with Gasteiger partial charge in [0.15, 0.2) is 0 Å². The van der Waals surface area contributed by atoms with E-state index in [1.165, 1.54) is 20.8 Å². The second kappa shape index (κ2) is 12.8. The number of nitrogens with one attached hydrogen (secondary N) is 2. The van der Waals surface area contributed by atoms with Crippen molar-refractivity contribution in [2.75, 3.05) is 0 Å². The average molecular weight is 464 g/mol. The van der Waals surface area contributed by atoms with Crippen LogP contribution in [0.15, 0.2) is 42.0 Å². The molecule has 0 aliphatic heterocycles. The van der Waals surface area contributed by atoms with Crippen LogP contribution in [0, 0.1) is 0 Å². The molecule has 0 heterocycles. The number of hydrazine groups is 1. The second-order valence-electron chi connectivity index (χ2n) is 7.22. The molecule has 1 aromatic rings. The van der Waals surface area contributed by atoms with E-state index in [4.69, 9.17) is 20.7 Å². The molecule has 0 fully saturated rings. The number of carboxylic acid groups (broad SMARTS) is 2. The number of hydrogen-bond donors (Lipinski definition) is 5. The zero-order valence-corrected chi connectivity index (χ0v) is 18.5. The lowest BCUT2D eigenvalue weighted by molar-refractivity contribution is -0.142.